The molecule has 0 radical (unpaired) electrons. The van der Waals surface area contributed by atoms with Crippen molar-refractivity contribution in [1.29, 1.82) is 0 Å². The molecule has 0 amide bonds. The molecule has 0 aliphatic carbocycles. The second-order valence-electron chi connectivity index (χ2n) is 5.22. The van der Waals surface area contributed by atoms with Crippen LogP contribution >= 0.6 is 7.60 Å². The number of hydrogen-bond donors (Lipinski definition) is 2. The molecule has 3 nitrogen and oxygen atoms in total. The van der Waals surface area contributed by atoms with Gasteiger partial charge in [0.25, 0.3) is 0 Å². The highest BCUT2D eigenvalue weighted by Crippen LogP contribution is 2.36. The van der Waals surface area contributed by atoms with E-state index in [0.29, 0.717) is 5.92 Å². The van der Waals surface area contributed by atoms with Crippen LogP contribution in [0.3, 0.4) is 0 Å². The maximum atomic E-state index is 11.0. The summed E-state index contributed by atoms with van der Waals surface area (Å²) < 4.78 is 11.0. The van der Waals surface area contributed by atoms with Gasteiger partial charge in [0.15, 0.2) is 0 Å². The number of hydrogen-bond acceptors (Lipinski definition) is 1. The van der Waals surface area contributed by atoms with E-state index in [1.807, 2.05) is 0 Å². The van der Waals surface area contributed by atoms with Gasteiger partial charge in [-0.15, -0.1) is 0 Å². The third-order valence-corrected chi connectivity index (χ3v) is 4.00. The SMILES string of the molecule is CC(c1ccc(P(=O)(O)O)cc1)C(C)(C)C. The summed E-state index contributed by atoms with van der Waals surface area (Å²) in [5.74, 6) is 0.346. The molecular formula is C12H19O3P. The minimum atomic E-state index is -4.11. The zero-order valence-corrected chi connectivity index (χ0v) is 11.0. The van der Waals surface area contributed by atoms with Crippen molar-refractivity contribution in [2.45, 2.75) is 33.6 Å². The topological polar surface area (TPSA) is 57.5 Å². The Morgan fingerprint density at radius 2 is 1.56 bits per heavy atom. The van der Waals surface area contributed by atoms with Gasteiger partial charge in [0.2, 0.25) is 0 Å². The van der Waals surface area contributed by atoms with Gasteiger partial charge in [-0.25, -0.2) is 0 Å². The van der Waals surface area contributed by atoms with Crippen LogP contribution in [0.2, 0.25) is 0 Å². The third-order valence-electron chi connectivity index (χ3n) is 3.03. The molecule has 0 saturated heterocycles. The van der Waals surface area contributed by atoms with E-state index in [-0.39, 0.29) is 10.7 Å². The Morgan fingerprint density at radius 1 is 1.12 bits per heavy atom. The lowest BCUT2D eigenvalue weighted by Crippen LogP contribution is -2.16. The molecule has 0 aliphatic heterocycles. The van der Waals surface area contributed by atoms with E-state index < -0.39 is 7.60 Å². The summed E-state index contributed by atoms with van der Waals surface area (Å²) in [4.78, 5) is 18.0. The van der Waals surface area contributed by atoms with E-state index in [2.05, 4.69) is 27.7 Å². The zero-order chi connectivity index (χ0) is 12.6. The van der Waals surface area contributed by atoms with Crippen molar-refractivity contribution in [2.24, 2.45) is 5.41 Å². The molecule has 0 fully saturated rings. The average molecular weight is 242 g/mol. The third kappa shape index (κ3) is 3.18. The normalized spacial score (nSPS) is 14.9. The minimum absolute atomic E-state index is 0.0809. The van der Waals surface area contributed by atoms with Gasteiger partial charge in [0, 0.05) is 0 Å². The van der Waals surface area contributed by atoms with E-state index in [1.54, 1.807) is 12.1 Å². The Hall–Kier alpha value is -0.630. The highest BCUT2D eigenvalue weighted by atomic mass is 31.2. The Morgan fingerprint density at radius 3 is 1.88 bits per heavy atom. The van der Waals surface area contributed by atoms with Crippen molar-refractivity contribution in [3.05, 3.63) is 29.8 Å². The zero-order valence-electron chi connectivity index (χ0n) is 10.1. The average Bonchev–Trinajstić information content (AvgIpc) is 2.14. The van der Waals surface area contributed by atoms with Crippen molar-refractivity contribution in [2.75, 3.05) is 0 Å². The summed E-state index contributed by atoms with van der Waals surface area (Å²) in [6.45, 7) is 8.56. The van der Waals surface area contributed by atoms with Crippen LogP contribution in [0.1, 0.15) is 39.2 Å². The summed E-state index contributed by atoms with van der Waals surface area (Å²) in [7, 11) is -4.11. The molecule has 0 saturated carbocycles. The first-order valence-electron chi connectivity index (χ1n) is 5.28. The molecule has 0 aliphatic rings. The monoisotopic (exact) mass is 242 g/mol. The molecule has 1 atom stereocenters. The molecule has 1 unspecified atom stereocenters. The van der Waals surface area contributed by atoms with Crippen molar-refractivity contribution in [3.63, 3.8) is 0 Å². The van der Waals surface area contributed by atoms with Crippen LogP contribution in [0, 0.1) is 5.41 Å². The lowest BCUT2D eigenvalue weighted by atomic mass is 9.78. The van der Waals surface area contributed by atoms with Crippen LogP contribution < -0.4 is 5.30 Å². The van der Waals surface area contributed by atoms with Gasteiger partial charge in [-0.05, 0) is 29.0 Å². The highest BCUT2D eigenvalue weighted by Gasteiger charge is 2.23. The van der Waals surface area contributed by atoms with Gasteiger partial charge >= 0.3 is 7.60 Å². The minimum Gasteiger partial charge on any atom is -0.321 e. The van der Waals surface area contributed by atoms with Crippen molar-refractivity contribution in [1.82, 2.24) is 0 Å². The first-order chi connectivity index (χ1) is 7.12. The second-order valence-corrected chi connectivity index (χ2v) is 6.83. The van der Waals surface area contributed by atoms with Gasteiger partial charge in [-0.1, -0.05) is 39.8 Å². The molecule has 16 heavy (non-hydrogen) atoms. The molecular weight excluding hydrogens is 223 g/mol. The fourth-order valence-corrected chi connectivity index (χ4v) is 1.99. The van der Waals surface area contributed by atoms with Gasteiger partial charge in [-0.3, -0.25) is 4.57 Å². The summed E-state index contributed by atoms with van der Waals surface area (Å²) in [5, 5.41) is 0.0809. The number of rotatable bonds is 2. The lowest BCUT2D eigenvalue weighted by Gasteiger charge is -2.27. The Balaban J connectivity index is 3.01. The first-order valence-corrected chi connectivity index (χ1v) is 6.89. The quantitative estimate of drug-likeness (QED) is 0.784. The predicted octanol–water partition coefficient (Wildman–Crippen LogP) is 2.64. The van der Waals surface area contributed by atoms with Crippen LogP contribution in [0.15, 0.2) is 24.3 Å². The Bertz CT molecular complexity index is 397. The van der Waals surface area contributed by atoms with Crippen LogP contribution in [0.4, 0.5) is 0 Å². The summed E-state index contributed by atoms with van der Waals surface area (Å²) >= 11 is 0. The smallest absolute Gasteiger partial charge is 0.321 e. The van der Waals surface area contributed by atoms with E-state index in [0.717, 1.165) is 5.56 Å². The molecule has 1 rings (SSSR count). The van der Waals surface area contributed by atoms with Gasteiger partial charge < -0.3 is 9.79 Å². The summed E-state index contributed by atoms with van der Waals surface area (Å²) in [6, 6.07) is 6.62. The lowest BCUT2D eigenvalue weighted by molar-refractivity contribution is 0.339. The maximum absolute atomic E-state index is 11.0. The molecule has 0 bridgehead atoms. The molecule has 0 aromatic heterocycles. The highest BCUT2D eigenvalue weighted by molar-refractivity contribution is 7.60. The number of benzene rings is 1. The van der Waals surface area contributed by atoms with Gasteiger partial charge in [-0.2, -0.15) is 0 Å². The summed E-state index contributed by atoms with van der Waals surface area (Å²) in [5.41, 5.74) is 1.24. The van der Waals surface area contributed by atoms with Crippen LogP contribution in [-0.2, 0) is 4.57 Å². The fraction of sp³-hybridized carbons (Fsp3) is 0.500. The molecule has 4 heteroatoms. The Kier molecular flexibility index (Phi) is 3.63. The standard InChI is InChI=1S/C12H19O3P/c1-9(12(2,3)4)10-5-7-11(8-6-10)16(13,14)15/h5-9H,1-4H3,(H2,13,14,15). The van der Waals surface area contributed by atoms with Crippen LogP contribution in [-0.4, -0.2) is 9.79 Å². The molecule has 1 aromatic rings. The largest absolute Gasteiger partial charge is 0.356 e. The van der Waals surface area contributed by atoms with Gasteiger partial charge in [0.05, 0.1) is 5.30 Å². The van der Waals surface area contributed by atoms with Crippen molar-refractivity contribution >= 4 is 12.9 Å². The maximum Gasteiger partial charge on any atom is 0.356 e. The first kappa shape index (κ1) is 13.4. The predicted molar refractivity (Wildman–Crippen MR) is 66.0 cm³/mol. The molecule has 0 heterocycles. The van der Waals surface area contributed by atoms with Gasteiger partial charge in [0.1, 0.15) is 0 Å². The van der Waals surface area contributed by atoms with Crippen molar-refractivity contribution < 1.29 is 14.4 Å². The van der Waals surface area contributed by atoms with E-state index in [1.165, 1.54) is 12.1 Å². The molecule has 90 valence electrons. The fourth-order valence-electron chi connectivity index (χ4n) is 1.46. The van der Waals surface area contributed by atoms with Crippen LogP contribution in [0.25, 0.3) is 0 Å². The second kappa shape index (κ2) is 4.33. The molecule has 1 aromatic carbocycles. The van der Waals surface area contributed by atoms with Crippen molar-refractivity contribution in [3.8, 4) is 0 Å². The van der Waals surface area contributed by atoms with Crippen LogP contribution in [0.5, 0.6) is 0 Å². The molecule has 2 N–H and O–H groups in total. The summed E-state index contributed by atoms with van der Waals surface area (Å²) in [6.07, 6.45) is 0. The van der Waals surface area contributed by atoms with E-state index in [4.69, 9.17) is 9.79 Å². The molecule has 0 spiro atoms. The van der Waals surface area contributed by atoms with E-state index in [9.17, 15) is 4.57 Å². The van der Waals surface area contributed by atoms with E-state index >= 15 is 0 Å². The Labute approximate surface area is 96.7 Å².